The highest BCUT2D eigenvalue weighted by Gasteiger charge is 2.20. The average molecular weight is 390 g/mol. The minimum atomic E-state index is -0.329. The number of amides is 1. The maximum absolute atomic E-state index is 13.3. The lowest BCUT2D eigenvalue weighted by atomic mass is 10.1. The van der Waals surface area contributed by atoms with Gasteiger partial charge in [0.05, 0.1) is 29.4 Å². The molecule has 0 atom stereocenters. The van der Waals surface area contributed by atoms with E-state index in [0.29, 0.717) is 45.1 Å². The van der Waals surface area contributed by atoms with E-state index in [-0.39, 0.29) is 11.7 Å². The smallest absolute Gasteiger partial charge is 0.256 e. The highest BCUT2D eigenvalue weighted by molar-refractivity contribution is 6.12. The van der Waals surface area contributed by atoms with Crippen LogP contribution in [0.1, 0.15) is 21.7 Å². The standard InChI is InChI=1S/C22H19FN4O2/c1-13-11-19(22(28)25-16-5-4-6-18(12-16)29-3)20-14(2)26-27(21(20)24-13)17-9-7-15(23)8-10-17/h4-12H,1-3H3,(H,25,28). The molecular formula is C22H19FN4O2. The van der Waals surface area contributed by atoms with Crippen molar-refractivity contribution < 1.29 is 13.9 Å². The first kappa shape index (κ1) is 18.6. The topological polar surface area (TPSA) is 69.0 Å². The monoisotopic (exact) mass is 390 g/mol. The molecule has 7 heteroatoms. The molecule has 0 spiro atoms. The molecule has 0 radical (unpaired) electrons. The van der Waals surface area contributed by atoms with Crippen LogP contribution in [-0.2, 0) is 0 Å². The summed E-state index contributed by atoms with van der Waals surface area (Å²) in [5.41, 5.74) is 3.65. The van der Waals surface area contributed by atoms with E-state index in [4.69, 9.17) is 4.74 Å². The Balaban J connectivity index is 1.80. The Bertz CT molecular complexity index is 1220. The molecule has 0 saturated heterocycles. The quantitative estimate of drug-likeness (QED) is 0.559. The van der Waals surface area contributed by atoms with Gasteiger partial charge in [-0.25, -0.2) is 14.1 Å². The number of ether oxygens (including phenoxy) is 1. The van der Waals surface area contributed by atoms with Gasteiger partial charge in [-0.15, -0.1) is 0 Å². The number of nitrogens with zero attached hydrogens (tertiary/aromatic N) is 3. The molecule has 0 fully saturated rings. The number of carbonyl (C=O) groups is 1. The summed E-state index contributed by atoms with van der Waals surface area (Å²) < 4.78 is 20.1. The average Bonchev–Trinajstić information content (AvgIpc) is 3.04. The van der Waals surface area contributed by atoms with Crippen molar-refractivity contribution in [2.75, 3.05) is 12.4 Å². The van der Waals surface area contributed by atoms with Gasteiger partial charge >= 0.3 is 0 Å². The van der Waals surface area contributed by atoms with E-state index in [2.05, 4.69) is 15.4 Å². The van der Waals surface area contributed by atoms with E-state index in [9.17, 15) is 9.18 Å². The molecule has 146 valence electrons. The van der Waals surface area contributed by atoms with Crippen molar-refractivity contribution >= 4 is 22.6 Å². The lowest BCUT2D eigenvalue weighted by Crippen LogP contribution is -2.13. The molecule has 0 aliphatic heterocycles. The molecule has 0 aliphatic carbocycles. The summed E-state index contributed by atoms with van der Waals surface area (Å²) in [6, 6.07) is 14.9. The van der Waals surface area contributed by atoms with Crippen molar-refractivity contribution in [2.24, 2.45) is 0 Å². The molecular weight excluding hydrogens is 371 g/mol. The van der Waals surface area contributed by atoms with Crippen LogP contribution in [0, 0.1) is 19.7 Å². The summed E-state index contributed by atoms with van der Waals surface area (Å²) in [6.07, 6.45) is 0. The molecule has 0 unspecified atom stereocenters. The van der Waals surface area contributed by atoms with Gasteiger partial charge < -0.3 is 10.1 Å². The summed E-state index contributed by atoms with van der Waals surface area (Å²) in [7, 11) is 1.57. The second-order valence-corrected chi connectivity index (χ2v) is 6.67. The number of halogens is 1. The summed E-state index contributed by atoms with van der Waals surface area (Å²) in [4.78, 5) is 17.6. The number of fused-ring (bicyclic) bond motifs is 1. The number of rotatable bonds is 4. The van der Waals surface area contributed by atoms with Crippen molar-refractivity contribution in [3.8, 4) is 11.4 Å². The molecule has 2 aromatic heterocycles. The maximum atomic E-state index is 13.3. The second kappa shape index (κ2) is 7.35. The van der Waals surface area contributed by atoms with Crippen LogP contribution < -0.4 is 10.1 Å². The fraction of sp³-hybridized carbons (Fsp3) is 0.136. The van der Waals surface area contributed by atoms with E-state index < -0.39 is 0 Å². The lowest BCUT2D eigenvalue weighted by molar-refractivity contribution is 0.102. The van der Waals surface area contributed by atoms with Crippen molar-refractivity contribution in [1.82, 2.24) is 14.8 Å². The van der Waals surface area contributed by atoms with E-state index >= 15 is 0 Å². The SMILES string of the molecule is COc1cccc(NC(=O)c2cc(C)nc3c2c(C)nn3-c2ccc(F)cc2)c1. The Morgan fingerprint density at radius 1 is 1.10 bits per heavy atom. The van der Waals surface area contributed by atoms with Crippen LogP contribution >= 0.6 is 0 Å². The fourth-order valence-corrected chi connectivity index (χ4v) is 3.25. The molecule has 0 saturated carbocycles. The molecule has 4 aromatic rings. The van der Waals surface area contributed by atoms with Crippen molar-refractivity contribution in [1.29, 1.82) is 0 Å². The third kappa shape index (κ3) is 3.54. The van der Waals surface area contributed by atoms with Crippen molar-refractivity contribution in [2.45, 2.75) is 13.8 Å². The second-order valence-electron chi connectivity index (χ2n) is 6.67. The summed E-state index contributed by atoms with van der Waals surface area (Å²) in [6.45, 7) is 3.64. The van der Waals surface area contributed by atoms with E-state index in [1.807, 2.05) is 13.8 Å². The molecule has 1 amide bonds. The maximum Gasteiger partial charge on any atom is 0.256 e. The number of aromatic nitrogens is 3. The van der Waals surface area contributed by atoms with Crippen LogP contribution in [0.2, 0.25) is 0 Å². The van der Waals surface area contributed by atoms with Crippen LogP contribution in [0.4, 0.5) is 10.1 Å². The fourth-order valence-electron chi connectivity index (χ4n) is 3.25. The number of methoxy groups -OCH3 is 1. The molecule has 2 heterocycles. The van der Waals surface area contributed by atoms with E-state index in [1.54, 1.807) is 54.3 Å². The molecule has 4 rings (SSSR count). The number of carbonyl (C=O) groups excluding carboxylic acids is 1. The number of pyridine rings is 1. The summed E-state index contributed by atoms with van der Waals surface area (Å²) >= 11 is 0. The molecule has 6 nitrogen and oxygen atoms in total. The van der Waals surface area contributed by atoms with Gasteiger partial charge in [0.15, 0.2) is 5.65 Å². The number of benzene rings is 2. The molecule has 1 N–H and O–H groups in total. The number of anilines is 1. The van der Waals surface area contributed by atoms with Crippen LogP contribution in [0.25, 0.3) is 16.7 Å². The minimum absolute atomic E-state index is 0.268. The Hall–Kier alpha value is -3.74. The first-order chi connectivity index (χ1) is 14.0. The van der Waals surface area contributed by atoms with E-state index in [0.717, 1.165) is 0 Å². The van der Waals surface area contributed by atoms with Crippen molar-refractivity contribution in [3.63, 3.8) is 0 Å². The lowest BCUT2D eigenvalue weighted by Gasteiger charge is -2.09. The van der Waals surface area contributed by atoms with Gasteiger partial charge in [-0.05, 0) is 56.3 Å². The zero-order chi connectivity index (χ0) is 20.5. The van der Waals surface area contributed by atoms with Gasteiger partial charge in [-0.3, -0.25) is 4.79 Å². The van der Waals surface area contributed by atoms with Crippen LogP contribution in [0.5, 0.6) is 5.75 Å². The van der Waals surface area contributed by atoms with Crippen LogP contribution in [0.3, 0.4) is 0 Å². The van der Waals surface area contributed by atoms with Crippen LogP contribution in [-0.4, -0.2) is 27.8 Å². The van der Waals surface area contributed by atoms with Gasteiger partial charge in [0.1, 0.15) is 11.6 Å². The predicted molar refractivity (Wildman–Crippen MR) is 109 cm³/mol. The predicted octanol–water partition coefficient (Wildman–Crippen LogP) is 4.44. The number of aryl methyl sites for hydroxylation is 2. The zero-order valence-corrected chi connectivity index (χ0v) is 16.2. The third-order valence-electron chi connectivity index (χ3n) is 4.58. The normalized spacial score (nSPS) is 10.9. The van der Waals surface area contributed by atoms with Gasteiger partial charge in [-0.1, -0.05) is 6.07 Å². The Morgan fingerprint density at radius 3 is 2.59 bits per heavy atom. The summed E-state index contributed by atoms with van der Waals surface area (Å²) in [5.74, 6) is 0.0547. The van der Waals surface area contributed by atoms with Crippen LogP contribution in [0.15, 0.2) is 54.6 Å². The molecule has 29 heavy (non-hydrogen) atoms. The van der Waals surface area contributed by atoms with Gasteiger partial charge in [0, 0.05) is 17.4 Å². The number of nitrogens with one attached hydrogen (secondary N) is 1. The first-order valence-electron chi connectivity index (χ1n) is 9.04. The molecule has 2 aromatic carbocycles. The number of hydrogen-bond acceptors (Lipinski definition) is 4. The highest BCUT2D eigenvalue weighted by Crippen LogP contribution is 2.26. The largest absolute Gasteiger partial charge is 0.497 e. The first-order valence-corrected chi connectivity index (χ1v) is 9.04. The zero-order valence-electron chi connectivity index (χ0n) is 16.2. The highest BCUT2D eigenvalue weighted by atomic mass is 19.1. The van der Waals surface area contributed by atoms with Crippen molar-refractivity contribution in [3.05, 3.63) is 77.4 Å². The third-order valence-corrected chi connectivity index (χ3v) is 4.58. The molecule has 0 aliphatic rings. The van der Waals surface area contributed by atoms with Gasteiger partial charge in [0.2, 0.25) is 0 Å². The Morgan fingerprint density at radius 2 is 1.86 bits per heavy atom. The van der Waals surface area contributed by atoms with Gasteiger partial charge in [0.25, 0.3) is 5.91 Å². The van der Waals surface area contributed by atoms with E-state index in [1.165, 1.54) is 12.1 Å². The summed E-state index contributed by atoms with van der Waals surface area (Å²) in [5, 5.41) is 8.10. The molecule has 0 bridgehead atoms. The Labute approximate surface area is 167 Å². The number of hydrogen-bond donors (Lipinski definition) is 1. The Kier molecular flexibility index (Phi) is 4.72. The van der Waals surface area contributed by atoms with Gasteiger partial charge in [-0.2, -0.15) is 5.10 Å². The minimum Gasteiger partial charge on any atom is -0.497 e.